The third-order valence-corrected chi connectivity index (χ3v) is 5.99. The fraction of sp³-hybridized carbons (Fsp3) is 0.550. The number of carbonyl (C=O) groups excluding carboxylic acids is 1. The van der Waals surface area contributed by atoms with Crippen LogP contribution in [0.2, 0.25) is 0 Å². The molecular formula is C20H28N4OS. The van der Waals surface area contributed by atoms with Crippen LogP contribution in [-0.2, 0) is 17.8 Å². The molecule has 0 spiro atoms. The van der Waals surface area contributed by atoms with Crippen LogP contribution in [0.15, 0.2) is 35.5 Å². The van der Waals surface area contributed by atoms with E-state index in [1.54, 1.807) is 0 Å². The van der Waals surface area contributed by atoms with Crippen molar-refractivity contribution in [3.8, 4) is 0 Å². The van der Waals surface area contributed by atoms with Gasteiger partial charge in [-0.2, -0.15) is 0 Å². The number of rotatable bonds is 7. The first-order chi connectivity index (χ1) is 12.7. The number of hydrogen-bond acceptors (Lipinski definition) is 4. The number of carbonyl (C=O) groups is 1. The van der Waals surface area contributed by atoms with Gasteiger partial charge in [0, 0.05) is 19.0 Å². The van der Waals surface area contributed by atoms with Crippen molar-refractivity contribution in [1.29, 1.82) is 0 Å². The Morgan fingerprint density at radius 2 is 1.92 bits per heavy atom. The zero-order chi connectivity index (χ0) is 18.4. The molecule has 1 aromatic heterocycles. The molecule has 0 aliphatic heterocycles. The summed E-state index contributed by atoms with van der Waals surface area (Å²) in [5.74, 6) is 2.24. The number of thioether (sulfide) groups is 1. The normalized spacial score (nSPS) is 20.1. The first-order valence-electron chi connectivity index (χ1n) is 9.54. The third kappa shape index (κ3) is 5.10. The molecule has 0 radical (unpaired) electrons. The second-order valence-electron chi connectivity index (χ2n) is 7.12. The Morgan fingerprint density at radius 1 is 1.19 bits per heavy atom. The highest BCUT2D eigenvalue weighted by Crippen LogP contribution is 2.24. The molecule has 1 heterocycles. The minimum absolute atomic E-state index is 0.102. The Bertz CT molecular complexity index is 708. The first kappa shape index (κ1) is 19.0. The second-order valence-corrected chi connectivity index (χ2v) is 8.06. The topological polar surface area (TPSA) is 59.8 Å². The maximum atomic E-state index is 12.3. The molecule has 6 heteroatoms. The monoisotopic (exact) mass is 372 g/mol. The van der Waals surface area contributed by atoms with Gasteiger partial charge in [-0.25, -0.2) is 0 Å². The van der Waals surface area contributed by atoms with Gasteiger partial charge in [0.1, 0.15) is 5.82 Å². The molecule has 1 amide bonds. The predicted octanol–water partition coefficient (Wildman–Crippen LogP) is 3.68. The molecule has 140 valence electrons. The molecule has 1 fully saturated rings. The molecule has 1 N–H and O–H groups in total. The summed E-state index contributed by atoms with van der Waals surface area (Å²) in [6, 6.07) is 10.6. The summed E-state index contributed by atoms with van der Waals surface area (Å²) in [5, 5.41) is 12.7. The van der Waals surface area contributed by atoms with Gasteiger partial charge in [0.15, 0.2) is 5.16 Å². The molecule has 3 rings (SSSR count). The lowest BCUT2D eigenvalue weighted by atomic mass is 9.87. The van der Waals surface area contributed by atoms with Gasteiger partial charge in [0.25, 0.3) is 0 Å². The van der Waals surface area contributed by atoms with E-state index in [9.17, 15) is 4.79 Å². The van der Waals surface area contributed by atoms with Crippen molar-refractivity contribution >= 4 is 17.7 Å². The highest BCUT2D eigenvalue weighted by molar-refractivity contribution is 7.99. The van der Waals surface area contributed by atoms with E-state index in [4.69, 9.17) is 0 Å². The van der Waals surface area contributed by atoms with Crippen LogP contribution in [-0.4, -0.2) is 32.5 Å². The highest BCUT2D eigenvalue weighted by atomic mass is 32.2. The van der Waals surface area contributed by atoms with E-state index in [1.807, 2.05) is 18.2 Å². The number of nitrogens with one attached hydrogen (secondary N) is 1. The predicted molar refractivity (Wildman–Crippen MR) is 105 cm³/mol. The van der Waals surface area contributed by atoms with Gasteiger partial charge in [-0.05, 0) is 44.1 Å². The molecule has 5 nitrogen and oxygen atoms in total. The lowest BCUT2D eigenvalue weighted by Crippen LogP contribution is -2.38. The fourth-order valence-electron chi connectivity index (χ4n) is 3.46. The van der Waals surface area contributed by atoms with Crippen molar-refractivity contribution in [2.45, 2.75) is 63.7 Å². The van der Waals surface area contributed by atoms with E-state index in [-0.39, 0.29) is 5.91 Å². The quantitative estimate of drug-likeness (QED) is 0.753. The first-order valence-corrected chi connectivity index (χ1v) is 10.5. The molecule has 0 saturated heterocycles. The van der Waals surface area contributed by atoms with Gasteiger partial charge in [0.2, 0.25) is 5.91 Å². The minimum Gasteiger partial charge on any atom is -0.353 e. The molecular weight excluding hydrogens is 344 g/mol. The van der Waals surface area contributed by atoms with E-state index < -0.39 is 0 Å². The molecule has 0 bridgehead atoms. The molecule has 1 aliphatic rings. The van der Waals surface area contributed by atoms with Crippen molar-refractivity contribution in [3.63, 3.8) is 0 Å². The zero-order valence-electron chi connectivity index (χ0n) is 15.6. The molecule has 0 unspecified atom stereocenters. The number of aromatic nitrogens is 3. The van der Waals surface area contributed by atoms with Crippen molar-refractivity contribution in [3.05, 3.63) is 41.7 Å². The average molecular weight is 373 g/mol. The SMILES string of the molecule is CCn1c(Cc2ccccc2)nnc1SCC(=O)NC1CCC(C)CC1. The standard InChI is InChI=1S/C20H28N4OS/c1-3-24-18(13-16-7-5-4-6-8-16)22-23-20(24)26-14-19(25)21-17-11-9-15(2)10-12-17/h4-8,15,17H,3,9-14H2,1-2H3,(H,21,25). The number of benzene rings is 1. The summed E-state index contributed by atoms with van der Waals surface area (Å²) < 4.78 is 2.10. The summed E-state index contributed by atoms with van der Waals surface area (Å²) in [6.07, 6.45) is 5.39. The minimum atomic E-state index is 0.102. The van der Waals surface area contributed by atoms with Crippen molar-refractivity contribution in [1.82, 2.24) is 20.1 Å². The summed E-state index contributed by atoms with van der Waals surface area (Å²) >= 11 is 1.48. The lowest BCUT2D eigenvalue weighted by molar-refractivity contribution is -0.119. The van der Waals surface area contributed by atoms with E-state index in [0.29, 0.717) is 11.8 Å². The summed E-state index contributed by atoms with van der Waals surface area (Å²) in [5.41, 5.74) is 1.22. The van der Waals surface area contributed by atoms with E-state index in [2.05, 4.69) is 46.1 Å². The van der Waals surface area contributed by atoms with Crippen LogP contribution in [0, 0.1) is 5.92 Å². The molecule has 1 aromatic carbocycles. The maximum Gasteiger partial charge on any atom is 0.230 e. The summed E-state index contributed by atoms with van der Waals surface area (Å²) in [6.45, 7) is 5.18. The average Bonchev–Trinajstić information content (AvgIpc) is 3.04. The summed E-state index contributed by atoms with van der Waals surface area (Å²) in [7, 11) is 0. The Labute approximate surface area is 160 Å². The van der Waals surface area contributed by atoms with Gasteiger partial charge >= 0.3 is 0 Å². The van der Waals surface area contributed by atoms with Gasteiger partial charge in [0.05, 0.1) is 5.75 Å². The fourth-order valence-corrected chi connectivity index (χ4v) is 4.29. The zero-order valence-corrected chi connectivity index (χ0v) is 16.5. The van der Waals surface area contributed by atoms with E-state index in [0.717, 1.165) is 42.7 Å². The van der Waals surface area contributed by atoms with Crippen molar-refractivity contribution < 1.29 is 4.79 Å². The van der Waals surface area contributed by atoms with Gasteiger partial charge in [-0.15, -0.1) is 10.2 Å². The van der Waals surface area contributed by atoms with Crippen LogP contribution in [0.3, 0.4) is 0 Å². The largest absolute Gasteiger partial charge is 0.353 e. The molecule has 26 heavy (non-hydrogen) atoms. The molecule has 1 saturated carbocycles. The molecule has 1 aliphatic carbocycles. The number of amides is 1. The Morgan fingerprint density at radius 3 is 2.62 bits per heavy atom. The van der Waals surface area contributed by atoms with Crippen LogP contribution in [0.25, 0.3) is 0 Å². The second kappa shape index (κ2) is 9.21. The van der Waals surface area contributed by atoms with Crippen LogP contribution in [0.5, 0.6) is 0 Å². The van der Waals surface area contributed by atoms with E-state index >= 15 is 0 Å². The molecule has 2 aromatic rings. The van der Waals surface area contributed by atoms with Crippen LogP contribution < -0.4 is 5.32 Å². The number of hydrogen-bond donors (Lipinski definition) is 1. The Balaban J connectivity index is 1.54. The number of nitrogens with zero attached hydrogens (tertiary/aromatic N) is 3. The smallest absolute Gasteiger partial charge is 0.230 e. The van der Waals surface area contributed by atoms with Crippen LogP contribution >= 0.6 is 11.8 Å². The third-order valence-electron chi connectivity index (χ3n) is 5.03. The highest BCUT2D eigenvalue weighted by Gasteiger charge is 2.20. The van der Waals surface area contributed by atoms with E-state index in [1.165, 1.54) is 30.2 Å². The van der Waals surface area contributed by atoms with Gasteiger partial charge in [-0.1, -0.05) is 49.0 Å². The Hall–Kier alpha value is -1.82. The van der Waals surface area contributed by atoms with Crippen LogP contribution in [0.4, 0.5) is 0 Å². The molecule has 0 atom stereocenters. The van der Waals surface area contributed by atoms with Crippen LogP contribution in [0.1, 0.15) is 50.9 Å². The lowest BCUT2D eigenvalue weighted by Gasteiger charge is -2.26. The Kier molecular flexibility index (Phi) is 6.72. The van der Waals surface area contributed by atoms with Crippen molar-refractivity contribution in [2.75, 3.05) is 5.75 Å². The van der Waals surface area contributed by atoms with Gasteiger partial charge < -0.3 is 9.88 Å². The summed E-state index contributed by atoms with van der Waals surface area (Å²) in [4.78, 5) is 12.3. The van der Waals surface area contributed by atoms with Crippen molar-refractivity contribution in [2.24, 2.45) is 5.92 Å². The van der Waals surface area contributed by atoms with Gasteiger partial charge in [-0.3, -0.25) is 4.79 Å². The maximum absolute atomic E-state index is 12.3.